The SMILES string of the molecule is C/C=C/CCC(=O)C(C)C(=O)OCC. The molecule has 14 heavy (non-hydrogen) atoms. The normalized spacial score (nSPS) is 12.8. The first-order valence-corrected chi connectivity index (χ1v) is 4.94. The third kappa shape index (κ3) is 4.80. The van der Waals surface area contributed by atoms with E-state index in [4.69, 9.17) is 4.74 Å². The quantitative estimate of drug-likeness (QED) is 0.373. The smallest absolute Gasteiger partial charge is 0.316 e. The summed E-state index contributed by atoms with van der Waals surface area (Å²) in [6, 6.07) is 0. The van der Waals surface area contributed by atoms with Gasteiger partial charge in [0.1, 0.15) is 11.7 Å². The Morgan fingerprint density at radius 3 is 2.57 bits per heavy atom. The molecule has 0 amide bonds. The van der Waals surface area contributed by atoms with Gasteiger partial charge < -0.3 is 4.74 Å². The number of esters is 1. The molecule has 0 heterocycles. The first-order chi connectivity index (χ1) is 6.63. The second kappa shape index (κ2) is 7.30. The number of ketones is 1. The summed E-state index contributed by atoms with van der Waals surface area (Å²) < 4.78 is 4.75. The minimum atomic E-state index is -0.625. The monoisotopic (exact) mass is 198 g/mol. The standard InChI is InChI=1S/C11H18O3/c1-4-6-7-8-10(12)9(3)11(13)14-5-2/h4,6,9H,5,7-8H2,1-3H3/b6-4+. The van der Waals surface area contributed by atoms with Crippen LogP contribution in [-0.4, -0.2) is 18.4 Å². The van der Waals surface area contributed by atoms with E-state index < -0.39 is 11.9 Å². The molecule has 0 aliphatic rings. The summed E-state index contributed by atoms with van der Waals surface area (Å²) in [4.78, 5) is 22.6. The predicted octanol–water partition coefficient (Wildman–Crippen LogP) is 2.11. The summed E-state index contributed by atoms with van der Waals surface area (Å²) in [6.07, 6.45) is 4.90. The van der Waals surface area contributed by atoms with Gasteiger partial charge in [0.05, 0.1) is 6.61 Å². The van der Waals surface area contributed by atoms with Crippen molar-refractivity contribution in [1.29, 1.82) is 0 Å². The van der Waals surface area contributed by atoms with E-state index in [9.17, 15) is 9.59 Å². The fourth-order valence-corrected chi connectivity index (χ4v) is 1.01. The van der Waals surface area contributed by atoms with Gasteiger partial charge in [-0.25, -0.2) is 0 Å². The van der Waals surface area contributed by atoms with E-state index in [1.54, 1.807) is 13.8 Å². The van der Waals surface area contributed by atoms with E-state index in [2.05, 4.69) is 0 Å². The molecule has 0 spiro atoms. The van der Waals surface area contributed by atoms with Gasteiger partial charge in [-0.05, 0) is 27.2 Å². The van der Waals surface area contributed by atoms with Crippen LogP contribution in [0.2, 0.25) is 0 Å². The number of ether oxygens (including phenoxy) is 1. The second-order valence-electron chi connectivity index (χ2n) is 3.05. The minimum Gasteiger partial charge on any atom is -0.465 e. The van der Waals surface area contributed by atoms with Crippen molar-refractivity contribution in [2.45, 2.75) is 33.6 Å². The molecule has 80 valence electrons. The zero-order chi connectivity index (χ0) is 11.0. The third-order valence-corrected chi connectivity index (χ3v) is 1.92. The van der Waals surface area contributed by atoms with E-state index in [0.29, 0.717) is 19.4 Å². The maximum Gasteiger partial charge on any atom is 0.316 e. The molecule has 0 bridgehead atoms. The number of carbonyl (C=O) groups is 2. The van der Waals surface area contributed by atoms with Crippen molar-refractivity contribution in [3.8, 4) is 0 Å². The number of Topliss-reactive ketones (excluding diaryl/α,β-unsaturated/α-hetero) is 1. The van der Waals surface area contributed by atoms with Crippen molar-refractivity contribution >= 4 is 11.8 Å². The van der Waals surface area contributed by atoms with Crippen LogP contribution in [0.15, 0.2) is 12.2 Å². The van der Waals surface area contributed by atoms with Crippen LogP contribution in [0.25, 0.3) is 0 Å². The molecule has 1 atom stereocenters. The lowest BCUT2D eigenvalue weighted by molar-refractivity contribution is -0.150. The average Bonchev–Trinajstić information content (AvgIpc) is 2.17. The molecular formula is C11H18O3. The molecule has 0 fully saturated rings. The molecular weight excluding hydrogens is 180 g/mol. The Kier molecular flexibility index (Phi) is 6.72. The summed E-state index contributed by atoms with van der Waals surface area (Å²) in [5.74, 6) is -1.10. The first kappa shape index (κ1) is 12.9. The van der Waals surface area contributed by atoms with Gasteiger partial charge in [-0.3, -0.25) is 9.59 Å². The lowest BCUT2D eigenvalue weighted by atomic mass is 10.0. The van der Waals surface area contributed by atoms with Crippen LogP contribution in [0.1, 0.15) is 33.6 Å². The maximum atomic E-state index is 11.4. The largest absolute Gasteiger partial charge is 0.465 e. The number of hydrogen-bond donors (Lipinski definition) is 0. The van der Waals surface area contributed by atoms with Gasteiger partial charge in [-0.15, -0.1) is 0 Å². The number of rotatable bonds is 6. The highest BCUT2D eigenvalue weighted by atomic mass is 16.5. The zero-order valence-corrected chi connectivity index (χ0v) is 9.08. The van der Waals surface area contributed by atoms with E-state index in [-0.39, 0.29) is 5.78 Å². The Bertz CT molecular complexity index is 219. The van der Waals surface area contributed by atoms with Gasteiger partial charge in [0.25, 0.3) is 0 Å². The Morgan fingerprint density at radius 2 is 2.07 bits per heavy atom. The molecule has 3 nitrogen and oxygen atoms in total. The Morgan fingerprint density at radius 1 is 1.43 bits per heavy atom. The number of allylic oxidation sites excluding steroid dienone is 2. The third-order valence-electron chi connectivity index (χ3n) is 1.92. The fourth-order valence-electron chi connectivity index (χ4n) is 1.01. The molecule has 1 unspecified atom stereocenters. The molecule has 3 heteroatoms. The molecule has 0 aromatic rings. The van der Waals surface area contributed by atoms with E-state index in [1.807, 2.05) is 19.1 Å². The van der Waals surface area contributed by atoms with Crippen molar-refractivity contribution in [2.24, 2.45) is 5.92 Å². The molecule has 0 saturated carbocycles. The van der Waals surface area contributed by atoms with Crippen molar-refractivity contribution in [2.75, 3.05) is 6.61 Å². The minimum absolute atomic E-state index is 0.0541. The lowest BCUT2D eigenvalue weighted by Crippen LogP contribution is -2.23. The second-order valence-corrected chi connectivity index (χ2v) is 3.05. The van der Waals surface area contributed by atoms with Crippen LogP contribution in [-0.2, 0) is 14.3 Å². The van der Waals surface area contributed by atoms with E-state index in [0.717, 1.165) is 0 Å². The van der Waals surface area contributed by atoms with Crippen molar-refractivity contribution in [3.63, 3.8) is 0 Å². The van der Waals surface area contributed by atoms with E-state index in [1.165, 1.54) is 0 Å². The molecule has 0 aliphatic heterocycles. The molecule has 0 radical (unpaired) electrons. The number of hydrogen-bond acceptors (Lipinski definition) is 3. The highest BCUT2D eigenvalue weighted by Gasteiger charge is 2.21. The van der Waals surface area contributed by atoms with Gasteiger partial charge in [0.15, 0.2) is 0 Å². The maximum absolute atomic E-state index is 11.4. The highest BCUT2D eigenvalue weighted by molar-refractivity contribution is 5.98. The van der Waals surface area contributed by atoms with Gasteiger partial charge in [0.2, 0.25) is 0 Å². The predicted molar refractivity (Wildman–Crippen MR) is 54.9 cm³/mol. The van der Waals surface area contributed by atoms with Gasteiger partial charge >= 0.3 is 5.97 Å². The summed E-state index contributed by atoms with van der Waals surface area (Å²) in [5.41, 5.74) is 0. The van der Waals surface area contributed by atoms with Crippen LogP contribution in [0, 0.1) is 5.92 Å². The molecule has 0 saturated heterocycles. The molecule has 0 rings (SSSR count). The van der Waals surface area contributed by atoms with Crippen molar-refractivity contribution < 1.29 is 14.3 Å². The van der Waals surface area contributed by atoms with Crippen LogP contribution >= 0.6 is 0 Å². The highest BCUT2D eigenvalue weighted by Crippen LogP contribution is 2.06. The Balaban J connectivity index is 3.92. The average molecular weight is 198 g/mol. The van der Waals surface area contributed by atoms with Crippen molar-refractivity contribution in [3.05, 3.63) is 12.2 Å². The van der Waals surface area contributed by atoms with Gasteiger partial charge in [0, 0.05) is 6.42 Å². The first-order valence-electron chi connectivity index (χ1n) is 4.94. The zero-order valence-electron chi connectivity index (χ0n) is 9.08. The van der Waals surface area contributed by atoms with E-state index >= 15 is 0 Å². The van der Waals surface area contributed by atoms with Crippen LogP contribution in [0.5, 0.6) is 0 Å². The summed E-state index contributed by atoms with van der Waals surface area (Å²) in [5, 5.41) is 0. The van der Waals surface area contributed by atoms with Crippen LogP contribution in [0.3, 0.4) is 0 Å². The molecule has 0 aliphatic carbocycles. The Hall–Kier alpha value is -1.12. The van der Waals surface area contributed by atoms with Gasteiger partial charge in [-0.2, -0.15) is 0 Å². The van der Waals surface area contributed by atoms with Gasteiger partial charge in [-0.1, -0.05) is 12.2 Å². The summed E-state index contributed by atoms with van der Waals surface area (Å²) in [7, 11) is 0. The summed E-state index contributed by atoms with van der Waals surface area (Å²) >= 11 is 0. The molecule has 0 aromatic carbocycles. The van der Waals surface area contributed by atoms with Crippen molar-refractivity contribution in [1.82, 2.24) is 0 Å². The lowest BCUT2D eigenvalue weighted by Gasteiger charge is -2.08. The van der Waals surface area contributed by atoms with Crippen LogP contribution < -0.4 is 0 Å². The number of carbonyl (C=O) groups excluding carboxylic acids is 2. The molecule has 0 aromatic heterocycles. The van der Waals surface area contributed by atoms with Crippen LogP contribution in [0.4, 0.5) is 0 Å². The topological polar surface area (TPSA) is 43.4 Å². The fraction of sp³-hybridized carbons (Fsp3) is 0.636. The molecule has 0 N–H and O–H groups in total. The summed E-state index contributed by atoms with van der Waals surface area (Å²) in [6.45, 7) is 5.55. The Labute approximate surface area is 85.1 Å².